The molecule has 0 saturated carbocycles. The second kappa shape index (κ2) is 5.38. The number of aromatic amines is 1. The van der Waals surface area contributed by atoms with Gasteiger partial charge in [-0.05, 0) is 30.4 Å². The molecule has 3 heterocycles. The monoisotopic (exact) mass is 286 g/mol. The van der Waals surface area contributed by atoms with Crippen LogP contribution in [0.4, 0.5) is 0 Å². The molecule has 0 spiro atoms. The van der Waals surface area contributed by atoms with Gasteiger partial charge in [0.15, 0.2) is 10.6 Å². The second-order valence-electron chi connectivity index (χ2n) is 4.44. The van der Waals surface area contributed by atoms with Crippen molar-refractivity contribution in [2.75, 3.05) is 0 Å². The number of H-pyrrole nitrogens is 1. The van der Waals surface area contributed by atoms with Crippen molar-refractivity contribution in [1.29, 1.82) is 0 Å². The summed E-state index contributed by atoms with van der Waals surface area (Å²) in [6.45, 7) is 0.756. The highest BCUT2D eigenvalue weighted by Gasteiger charge is 2.09. The minimum atomic E-state index is 0.624. The van der Waals surface area contributed by atoms with Gasteiger partial charge in [0.05, 0.1) is 0 Å². The van der Waals surface area contributed by atoms with E-state index in [0.717, 1.165) is 30.0 Å². The quantitative estimate of drug-likeness (QED) is 0.745. The van der Waals surface area contributed by atoms with Crippen molar-refractivity contribution in [2.45, 2.75) is 13.0 Å². The number of aryl methyl sites for hydroxylation is 2. The number of nitrogens with one attached hydrogen (secondary N) is 1. The molecule has 7 heteroatoms. The summed E-state index contributed by atoms with van der Waals surface area (Å²) >= 11 is 5.31. The van der Waals surface area contributed by atoms with Gasteiger partial charge in [-0.15, -0.1) is 0 Å². The van der Waals surface area contributed by atoms with E-state index in [1.165, 1.54) is 0 Å². The van der Waals surface area contributed by atoms with E-state index in [1.54, 1.807) is 18.6 Å². The van der Waals surface area contributed by atoms with Crippen molar-refractivity contribution < 1.29 is 0 Å². The highest BCUT2D eigenvalue weighted by Crippen LogP contribution is 2.16. The van der Waals surface area contributed by atoms with Crippen molar-refractivity contribution in [3.05, 3.63) is 47.3 Å². The Balaban J connectivity index is 1.89. The van der Waals surface area contributed by atoms with Crippen LogP contribution in [0.15, 0.2) is 36.8 Å². The first-order valence-electron chi connectivity index (χ1n) is 6.28. The first-order chi connectivity index (χ1) is 9.75. The molecule has 0 unspecified atom stereocenters. The number of hydrogen-bond acceptors (Lipinski definition) is 4. The SMILES string of the molecule is Cn1nccc1CCn1c(-c2ccncc2)n[nH]c1=S. The van der Waals surface area contributed by atoms with Crippen LogP contribution in [0.5, 0.6) is 0 Å². The summed E-state index contributed by atoms with van der Waals surface area (Å²) in [6, 6.07) is 5.85. The van der Waals surface area contributed by atoms with E-state index < -0.39 is 0 Å². The van der Waals surface area contributed by atoms with E-state index in [0.29, 0.717) is 4.77 Å². The van der Waals surface area contributed by atoms with Crippen LogP contribution in [-0.4, -0.2) is 29.5 Å². The molecule has 6 nitrogen and oxygen atoms in total. The van der Waals surface area contributed by atoms with Gasteiger partial charge in [-0.3, -0.25) is 19.3 Å². The van der Waals surface area contributed by atoms with Crippen LogP contribution in [0.2, 0.25) is 0 Å². The van der Waals surface area contributed by atoms with Gasteiger partial charge in [0.1, 0.15) is 0 Å². The Morgan fingerprint density at radius 1 is 1.20 bits per heavy atom. The Kier molecular flexibility index (Phi) is 3.42. The molecular formula is C13H14N6S. The molecular weight excluding hydrogens is 272 g/mol. The maximum atomic E-state index is 5.31. The highest BCUT2D eigenvalue weighted by molar-refractivity contribution is 7.71. The second-order valence-corrected chi connectivity index (χ2v) is 4.82. The number of hydrogen-bond donors (Lipinski definition) is 1. The van der Waals surface area contributed by atoms with Gasteiger partial charge < -0.3 is 0 Å². The maximum Gasteiger partial charge on any atom is 0.195 e. The van der Waals surface area contributed by atoms with Crippen LogP contribution in [0.1, 0.15) is 5.69 Å². The molecule has 0 saturated heterocycles. The van der Waals surface area contributed by atoms with E-state index in [-0.39, 0.29) is 0 Å². The number of nitrogens with zero attached hydrogens (tertiary/aromatic N) is 5. The zero-order valence-corrected chi connectivity index (χ0v) is 11.8. The minimum Gasteiger partial charge on any atom is -0.300 e. The fourth-order valence-corrected chi connectivity index (χ4v) is 2.34. The molecule has 0 aliphatic carbocycles. The normalized spacial score (nSPS) is 10.8. The van der Waals surface area contributed by atoms with Crippen LogP contribution >= 0.6 is 12.2 Å². The molecule has 1 N–H and O–H groups in total. The molecule has 3 rings (SSSR count). The summed E-state index contributed by atoms with van der Waals surface area (Å²) in [4.78, 5) is 4.02. The van der Waals surface area contributed by atoms with E-state index >= 15 is 0 Å². The van der Waals surface area contributed by atoms with E-state index in [1.807, 2.05) is 34.5 Å². The molecule has 0 aromatic carbocycles. The van der Waals surface area contributed by atoms with E-state index in [2.05, 4.69) is 20.3 Å². The third kappa shape index (κ3) is 2.39. The van der Waals surface area contributed by atoms with Gasteiger partial charge in [-0.25, -0.2) is 0 Å². The average molecular weight is 286 g/mol. The molecule has 20 heavy (non-hydrogen) atoms. The fraction of sp³-hybridized carbons (Fsp3) is 0.231. The molecule has 0 amide bonds. The predicted octanol–water partition coefficient (Wildman–Crippen LogP) is 1.98. The Bertz CT molecular complexity index is 755. The predicted molar refractivity (Wildman–Crippen MR) is 77.6 cm³/mol. The number of aromatic nitrogens is 6. The van der Waals surface area contributed by atoms with Gasteiger partial charge in [0.25, 0.3) is 0 Å². The van der Waals surface area contributed by atoms with Crippen LogP contribution in [0.25, 0.3) is 11.4 Å². The summed E-state index contributed by atoms with van der Waals surface area (Å²) in [6.07, 6.45) is 6.15. The zero-order chi connectivity index (χ0) is 13.9. The smallest absolute Gasteiger partial charge is 0.195 e. The van der Waals surface area contributed by atoms with Crippen molar-refractivity contribution in [2.24, 2.45) is 7.05 Å². The van der Waals surface area contributed by atoms with Crippen molar-refractivity contribution in [3.8, 4) is 11.4 Å². The van der Waals surface area contributed by atoms with Crippen LogP contribution in [0.3, 0.4) is 0 Å². The molecule has 0 aliphatic rings. The average Bonchev–Trinajstić information content (AvgIpc) is 3.04. The summed E-state index contributed by atoms with van der Waals surface area (Å²) in [5.74, 6) is 0.833. The Morgan fingerprint density at radius 3 is 2.70 bits per heavy atom. The molecule has 102 valence electrons. The summed E-state index contributed by atoms with van der Waals surface area (Å²) in [5.41, 5.74) is 2.16. The van der Waals surface area contributed by atoms with Crippen molar-refractivity contribution in [3.63, 3.8) is 0 Å². The van der Waals surface area contributed by atoms with Gasteiger partial charge in [-0.1, -0.05) is 0 Å². The lowest BCUT2D eigenvalue weighted by molar-refractivity contribution is 0.634. The third-order valence-electron chi connectivity index (χ3n) is 3.21. The van der Waals surface area contributed by atoms with Gasteiger partial charge >= 0.3 is 0 Å². The molecule has 0 radical (unpaired) electrons. The molecule has 3 aromatic heterocycles. The van der Waals surface area contributed by atoms with Crippen LogP contribution in [-0.2, 0) is 20.0 Å². The molecule has 0 bridgehead atoms. The lowest BCUT2D eigenvalue weighted by Crippen LogP contribution is -2.07. The molecule has 0 fully saturated rings. The fourth-order valence-electron chi connectivity index (χ4n) is 2.12. The number of pyridine rings is 1. The highest BCUT2D eigenvalue weighted by atomic mass is 32.1. The van der Waals surface area contributed by atoms with Gasteiger partial charge in [0, 0.05) is 49.9 Å². The Hall–Kier alpha value is -2.28. The maximum absolute atomic E-state index is 5.31. The first-order valence-corrected chi connectivity index (χ1v) is 6.69. The molecule has 0 aliphatic heterocycles. The zero-order valence-electron chi connectivity index (χ0n) is 11.0. The van der Waals surface area contributed by atoms with E-state index in [4.69, 9.17) is 12.2 Å². The van der Waals surface area contributed by atoms with Gasteiger partial charge in [-0.2, -0.15) is 10.2 Å². The summed E-state index contributed by atoms with van der Waals surface area (Å²) in [7, 11) is 1.94. The minimum absolute atomic E-state index is 0.624. The van der Waals surface area contributed by atoms with Crippen LogP contribution < -0.4 is 0 Å². The Morgan fingerprint density at radius 2 is 2.00 bits per heavy atom. The molecule has 3 aromatic rings. The summed E-state index contributed by atoms with van der Waals surface area (Å²) < 4.78 is 4.49. The summed E-state index contributed by atoms with van der Waals surface area (Å²) in [5, 5.41) is 11.3. The molecule has 0 atom stereocenters. The Labute approximate surface area is 121 Å². The lowest BCUT2D eigenvalue weighted by atomic mass is 10.2. The topological polar surface area (TPSA) is 64.3 Å². The lowest BCUT2D eigenvalue weighted by Gasteiger charge is -2.07. The van der Waals surface area contributed by atoms with E-state index in [9.17, 15) is 0 Å². The van der Waals surface area contributed by atoms with Crippen LogP contribution in [0, 0.1) is 4.77 Å². The largest absolute Gasteiger partial charge is 0.300 e. The van der Waals surface area contributed by atoms with Crippen molar-refractivity contribution >= 4 is 12.2 Å². The number of rotatable bonds is 4. The first kappa shape index (κ1) is 12.7. The van der Waals surface area contributed by atoms with Crippen molar-refractivity contribution in [1.82, 2.24) is 29.5 Å². The van der Waals surface area contributed by atoms with Gasteiger partial charge in [0.2, 0.25) is 0 Å². The standard InChI is InChI=1S/C13H14N6S/c1-18-11(4-8-15-18)5-9-19-12(16-17-13(19)20)10-2-6-14-7-3-10/h2-4,6-8H,5,9H2,1H3,(H,17,20). The third-order valence-corrected chi connectivity index (χ3v) is 3.52.